The molecule has 0 aromatic rings. The van der Waals surface area contributed by atoms with E-state index in [4.69, 9.17) is 23.7 Å². The van der Waals surface area contributed by atoms with Crippen LogP contribution in [0.4, 0.5) is 0 Å². The van der Waals surface area contributed by atoms with E-state index in [1.807, 2.05) is 0 Å². The van der Waals surface area contributed by atoms with E-state index in [1.54, 1.807) is 0 Å². The first-order valence-electron chi connectivity index (χ1n) is 53.5. The molecule has 0 bridgehead atoms. The first kappa shape index (κ1) is 115. The number of piperazine rings is 1. The summed E-state index contributed by atoms with van der Waals surface area (Å²) in [5.41, 5.74) is 0. The Morgan fingerprint density at radius 2 is 0.563 bits per heavy atom. The summed E-state index contributed by atoms with van der Waals surface area (Å²) >= 11 is 0. The number of hydrogen-bond donors (Lipinski definition) is 0. The minimum Gasteiger partial charge on any atom is -0.466 e. The van der Waals surface area contributed by atoms with Crippen molar-refractivity contribution in [3.8, 4) is 0 Å². The Labute approximate surface area is 742 Å². The molecule has 1 fully saturated rings. The Hall–Kier alpha value is -2.28. The lowest BCUT2D eigenvalue weighted by atomic mass is 9.73. The second kappa shape index (κ2) is 87.8. The van der Waals surface area contributed by atoms with Crippen LogP contribution in [0.15, 0.2) is 0 Å². The molecule has 12 nitrogen and oxygen atoms in total. The lowest BCUT2D eigenvalue weighted by molar-refractivity contribution is -0.146. The highest BCUT2D eigenvalue weighted by Gasteiger charge is 2.30. The van der Waals surface area contributed by atoms with Crippen LogP contribution in [0.25, 0.3) is 0 Å². The van der Waals surface area contributed by atoms with Crippen LogP contribution in [0.5, 0.6) is 0 Å². The Morgan fingerprint density at radius 3 is 0.899 bits per heavy atom. The molecule has 706 valence electrons. The van der Waals surface area contributed by atoms with Gasteiger partial charge in [0.2, 0.25) is 0 Å². The molecule has 1 aliphatic heterocycles. The van der Waals surface area contributed by atoms with Gasteiger partial charge in [0, 0.05) is 65.1 Å². The summed E-state index contributed by atoms with van der Waals surface area (Å²) in [6.07, 6.45) is 86.4. The predicted molar refractivity (Wildman–Crippen MR) is 513 cm³/mol. The zero-order chi connectivity index (χ0) is 86.6. The van der Waals surface area contributed by atoms with Gasteiger partial charge < -0.3 is 38.4 Å². The molecule has 0 aromatic heterocycles. The molecule has 119 heavy (non-hydrogen) atoms. The monoisotopic (exact) mass is 1680 g/mol. The highest BCUT2D eigenvalue weighted by molar-refractivity contribution is 5.70. The fourth-order valence-electron chi connectivity index (χ4n) is 19.1. The average Bonchev–Trinajstić information content (AvgIpc) is 0.872. The van der Waals surface area contributed by atoms with Gasteiger partial charge in [-0.3, -0.25) is 19.2 Å². The molecule has 6 atom stereocenters. The van der Waals surface area contributed by atoms with Gasteiger partial charge in [0.05, 0.1) is 26.4 Å². The molecule has 0 saturated carbocycles. The second-order valence-corrected chi connectivity index (χ2v) is 39.1. The number of unbranched alkanes of at least 4 members (excludes halogenated alkanes) is 41. The molecule has 1 heterocycles. The SMILES string of the molecule is CCCCCC(CCCCC)CC(=O)OCCCCCCCCCCC(CCCCCCCCCCOC(=O)CC(CCCCC)CCCC(C)C(CCCC)C(CCCCC)CC(=O)OCCCCCCCCCCC(CCCCCCCCCCOC(=O)CC(CCCCC)CCCCC)COCCCN(C)C)CCN1CCN(C)CC1. The molecule has 1 rings (SSSR count). The molecule has 6 unspecified atom stereocenters. The maximum Gasteiger partial charge on any atom is 0.306 e. The van der Waals surface area contributed by atoms with Gasteiger partial charge in [-0.05, 0) is 184 Å². The van der Waals surface area contributed by atoms with Crippen LogP contribution in [0.2, 0.25) is 0 Å². The smallest absolute Gasteiger partial charge is 0.306 e. The number of carbonyl (C=O) groups excluding carboxylic acids is 4. The normalized spacial score (nSPS) is 14.5. The van der Waals surface area contributed by atoms with Crippen LogP contribution >= 0.6 is 0 Å². The highest BCUT2D eigenvalue weighted by atomic mass is 16.5. The van der Waals surface area contributed by atoms with Crippen molar-refractivity contribution in [2.24, 2.45) is 47.3 Å². The van der Waals surface area contributed by atoms with Crippen LogP contribution in [-0.4, -0.2) is 139 Å². The van der Waals surface area contributed by atoms with Crippen molar-refractivity contribution in [1.29, 1.82) is 0 Å². The third kappa shape index (κ3) is 75.6. The third-order valence-corrected chi connectivity index (χ3v) is 27.3. The largest absolute Gasteiger partial charge is 0.466 e. The van der Waals surface area contributed by atoms with E-state index in [-0.39, 0.29) is 23.9 Å². The summed E-state index contributed by atoms with van der Waals surface area (Å²) in [6.45, 7) is 29.7. The van der Waals surface area contributed by atoms with E-state index in [0.29, 0.717) is 93.5 Å². The Morgan fingerprint density at radius 1 is 0.277 bits per heavy atom. The van der Waals surface area contributed by atoms with Crippen LogP contribution in [0.1, 0.15) is 518 Å². The summed E-state index contributed by atoms with van der Waals surface area (Å²) in [5.74, 6) is 4.48. The standard InChI is InChI=1S/C107H209N3O9/c1-12-19-50-69-98(70-51-20-13-2)91-104(111)116-87-60-46-38-30-26-34-42-56-67-97(79-81-110-84-82-109(11)83-85-110)68-57-43-35-27-31-39-47-62-89-118-106(113)93-100(73-54-23-16-5)76-64-66-96(8)103(78-25-18-7)102(77-55-24-17-6)94-107(114)119-90-63-49-41-33-29-37-45-59-75-101(95-115-86-65-80-108(9)10)74-58-44-36-28-32-40-48-61-88-117-105(112)92-99(71-52-21-14-3)72-53-22-15-4/h96-103H,12-95H2,1-11H3. The first-order valence-corrected chi connectivity index (χ1v) is 53.5. The molecular weight excluding hydrogens is 1470 g/mol. The molecule has 0 N–H and O–H groups in total. The number of likely N-dealkylation sites (N-methyl/N-ethyl adjacent to an activating group) is 1. The maximum absolute atomic E-state index is 13.7. The van der Waals surface area contributed by atoms with Crippen LogP contribution < -0.4 is 0 Å². The van der Waals surface area contributed by atoms with E-state index in [1.165, 1.54) is 386 Å². The average molecular weight is 1680 g/mol. The molecule has 0 aliphatic carbocycles. The minimum atomic E-state index is 0.0161. The fraction of sp³-hybridized carbons (Fsp3) is 0.963. The number of carbonyl (C=O) groups is 4. The summed E-state index contributed by atoms with van der Waals surface area (Å²) in [5, 5.41) is 0. The molecule has 1 aliphatic rings. The lowest BCUT2D eigenvalue weighted by Gasteiger charge is -2.33. The van der Waals surface area contributed by atoms with Crippen molar-refractivity contribution in [2.75, 3.05) is 100 Å². The molecule has 0 amide bonds. The number of rotatable bonds is 94. The predicted octanol–water partition coefficient (Wildman–Crippen LogP) is 31.2. The van der Waals surface area contributed by atoms with Gasteiger partial charge in [-0.2, -0.15) is 0 Å². The Balaban J connectivity index is 2.46. The molecule has 12 heteroatoms. The lowest BCUT2D eigenvalue weighted by Crippen LogP contribution is -2.44. The van der Waals surface area contributed by atoms with E-state index < -0.39 is 0 Å². The zero-order valence-corrected chi connectivity index (χ0v) is 82.0. The quantitative estimate of drug-likeness (QED) is 0.0327. The van der Waals surface area contributed by atoms with Crippen LogP contribution in [-0.2, 0) is 42.9 Å². The van der Waals surface area contributed by atoms with Gasteiger partial charge in [0.1, 0.15) is 0 Å². The van der Waals surface area contributed by atoms with Gasteiger partial charge in [-0.1, -0.05) is 389 Å². The van der Waals surface area contributed by atoms with Gasteiger partial charge >= 0.3 is 23.9 Å². The van der Waals surface area contributed by atoms with E-state index in [9.17, 15) is 19.2 Å². The second-order valence-electron chi connectivity index (χ2n) is 39.1. The number of esters is 4. The highest BCUT2D eigenvalue weighted by Crippen LogP contribution is 2.37. The Kier molecular flexibility index (Phi) is 84.6. The summed E-state index contributed by atoms with van der Waals surface area (Å²) in [6, 6.07) is 0. The topological polar surface area (TPSA) is 124 Å². The molecule has 0 radical (unpaired) electrons. The van der Waals surface area contributed by atoms with E-state index >= 15 is 0 Å². The van der Waals surface area contributed by atoms with E-state index in [0.717, 1.165) is 109 Å². The number of hydrogen-bond acceptors (Lipinski definition) is 12. The third-order valence-electron chi connectivity index (χ3n) is 27.3. The summed E-state index contributed by atoms with van der Waals surface area (Å²) < 4.78 is 29.8. The van der Waals surface area contributed by atoms with Gasteiger partial charge in [-0.15, -0.1) is 0 Å². The number of nitrogens with zero attached hydrogens (tertiary/aromatic N) is 3. The molecule has 0 aromatic carbocycles. The van der Waals surface area contributed by atoms with Crippen molar-refractivity contribution >= 4 is 23.9 Å². The molecule has 1 saturated heterocycles. The van der Waals surface area contributed by atoms with Gasteiger partial charge in [0.25, 0.3) is 0 Å². The van der Waals surface area contributed by atoms with Crippen LogP contribution in [0.3, 0.4) is 0 Å². The first-order chi connectivity index (χ1) is 58.2. The van der Waals surface area contributed by atoms with E-state index in [2.05, 4.69) is 91.2 Å². The minimum absolute atomic E-state index is 0.0161. The molecular formula is C107H209N3O9. The summed E-state index contributed by atoms with van der Waals surface area (Å²) in [4.78, 5) is 59.9. The van der Waals surface area contributed by atoms with Crippen molar-refractivity contribution in [3.63, 3.8) is 0 Å². The maximum atomic E-state index is 13.7. The zero-order valence-electron chi connectivity index (χ0n) is 82.0. The molecule has 0 spiro atoms. The van der Waals surface area contributed by atoms with Crippen LogP contribution in [0, 0.1) is 47.3 Å². The van der Waals surface area contributed by atoms with Crippen molar-refractivity contribution in [1.82, 2.24) is 14.7 Å². The van der Waals surface area contributed by atoms with Gasteiger partial charge in [0.15, 0.2) is 0 Å². The Bertz CT molecular complexity index is 2120. The van der Waals surface area contributed by atoms with Crippen molar-refractivity contribution in [3.05, 3.63) is 0 Å². The fourth-order valence-corrected chi connectivity index (χ4v) is 19.1. The number of ether oxygens (including phenoxy) is 5. The van der Waals surface area contributed by atoms with Gasteiger partial charge in [-0.25, -0.2) is 0 Å². The van der Waals surface area contributed by atoms with Crippen molar-refractivity contribution < 1.29 is 42.9 Å². The summed E-state index contributed by atoms with van der Waals surface area (Å²) in [7, 11) is 6.56. The van der Waals surface area contributed by atoms with Crippen molar-refractivity contribution in [2.45, 2.75) is 518 Å².